The van der Waals surface area contributed by atoms with Gasteiger partial charge in [0.25, 0.3) is 5.91 Å². The predicted molar refractivity (Wildman–Crippen MR) is 78.8 cm³/mol. The van der Waals surface area contributed by atoms with Crippen LogP contribution in [0.3, 0.4) is 0 Å². The van der Waals surface area contributed by atoms with Crippen LogP contribution in [0.25, 0.3) is 0 Å². The van der Waals surface area contributed by atoms with Crippen LogP contribution in [-0.4, -0.2) is 23.7 Å². The van der Waals surface area contributed by atoms with Crippen LogP contribution in [-0.2, 0) is 4.79 Å². The van der Waals surface area contributed by atoms with Gasteiger partial charge in [-0.05, 0) is 44.6 Å². The van der Waals surface area contributed by atoms with Crippen LogP contribution in [0.4, 0.5) is 0 Å². The molecule has 0 saturated carbocycles. The van der Waals surface area contributed by atoms with Gasteiger partial charge >= 0.3 is 0 Å². The fourth-order valence-electron chi connectivity index (χ4n) is 1.36. The maximum atomic E-state index is 11.8. The summed E-state index contributed by atoms with van der Waals surface area (Å²) >= 11 is 4.93. The van der Waals surface area contributed by atoms with E-state index in [0.717, 1.165) is 5.56 Å². The lowest BCUT2D eigenvalue weighted by atomic mass is 10.2. The van der Waals surface area contributed by atoms with Crippen LogP contribution >= 0.6 is 12.2 Å². The van der Waals surface area contributed by atoms with Gasteiger partial charge in [0.05, 0.1) is 0 Å². The number of hydrogen-bond donors (Lipinski definition) is 3. The van der Waals surface area contributed by atoms with Gasteiger partial charge in [0.2, 0.25) is 0 Å². The van der Waals surface area contributed by atoms with Crippen molar-refractivity contribution >= 4 is 23.2 Å². The van der Waals surface area contributed by atoms with E-state index >= 15 is 0 Å². The quantitative estimate of drug-likeness (QED) is 0.573. The van der Waals surface area contributed by atoms with Crippen LogP contribution < -0.4 is 20.9 Å². The maximum Gasteiger partial charge on any atom is 0.279 e. The zero-order valence-electron chi connectivity index (χ0n) is 11.3. The monoisotopic (exact) mass is 281 g/mol. The highest BCUT2D eigenvalue weighted by molar-refractivity contribution is 7.80. The summed E-state index contributed by atoms with van der Waals surface area (Å²) < 4.78 is 5.58. The number of amides is 1. The van der Waals surface area contributed by atoms with E-state index in [2.05, 4.69) is 16.2 Å². The molecule has 1 atom stereocenters. The van der Waals surface area contributed by atoms with E-state index in [0.29, 0.717) is 17.4 Å². The Kier molecular flexibility index (Phi) is 6.08. The van der Waals surface area contributed by atoms with Gasteiger partial charge in [-0.25, -0.2) is 0 Å². The molecule has 0 spiro atoms. The molecule has 1 amide bonds. The maximum absolute atomic E-state index is 11.8. The molecule has 0 radical (unpaired) electrons. The molecular formula is C13H19N3O2S. The van der Waals surface area contributed by atoms with Crippen LogP contribution in [0, 0.1) is 6.92 Å². The lowest BCUT2D eigenvalue weighted by Gasteiger charge is -2.17. The van der Waals surface area contributed by atoms with Gasteiger partial charge in [0.1, 0.15) is 5.75 Å². The van der Waals surface area contributed by atoms with E-state index in [1.807, 2.05) is 38.1 Å². The molecule has 0 bridgehead atoms. The van der Waals surface area contributed by atoms with Crippen LogP contribution in [0.5, 0.6) is 5.75 Å². The number of hydrogen-bond acceptors (Lipinski definition) is 3. The number of rotatable bonds is 4. The molecule has 1 aromatic carbocycles. The summed E-state index contributed by atoms with van der Waals surface area (Å²) in [6.45, 7) is 6.22. The highest BCUT2D eigenvalue weighted by Crippen LogP contribution is 2.17. The van der Waals surface area contributed by atoms with Gasteiger partial charge < -0.3 is 10.1 Å². The Morgan fingerprint density at radius 1 is 1.37 bits per heavy atom. The topological polar surface area (TPSA) is 62.4 Å². The van der Waals surface area contributed by atoms with Crippen LogP contribution in [0.1, 0.15) is 19.4 Å². The summed E-state index contributed by atoms with van der Waals surface area (Å²) in [4.78, 5) is 11.8. The molecule has 0 fully saturated rings. The molecule has 0 aliphatic heterocycles. The van der Waals surface area contributed by atoms with E-state index in [1.165, 1.54) is 0 Å². The van der Waals surface area contributed by atoms with Gasteiger partial charge in [0, 0.05) is 6.54 Å². The third kappa shape index (κ3) is 5.13. The zero-order chi connectivity index (χ0) is 14.3. The summed E-state index contributed by atoms with van der Waals surface area (Å²) in [5.41, 5.74) is 6.08. The van der Waals surface area contributed by atoms with Gasteiger partial charge in [0.15, 0.2) is 11.2 Å². The van der Waals surface area contributed by atoms with E-state index in [4.69, 9.17) is 17.0 Å². The highest BCUT2D eigenvalue weighted by atomic mass is 32.1. The number of thiocarbonyl (C=S) groups is 1. The summed E-state index contributed by atoms with van der Waals surface area (Å²) in [7, 11) is 0. The van der Waals surface area contributed by atoms with Crippen molar-refractivity contribution in [1.29, 1.82) is 0 Å². The molecule has 1 rings (SSSR count). The van der Waals surface area contributed by atoms with Gasteiger partial charge in [-0.3, -0.25) is 15.6 Å². The smallest absolute Gasteiger partial charge is 0.279 e. The Morgan fingerprint density at radius 2 is 2.05 bits per heavy atom. The van der Waals surface area contributed by atoms with Crippen LogP contribution in [0.15, 0.2) is 24.3 Å². The number of para-hydroxylation sites is 1. The minimum Gasteiger partial charge on any atom is -0.481 e. The van der Waals surface area contributed by atoms with E-state index < -0.39 is 6.10 Å². The van der Waals surface area contributed by atoms with E-state index in [-0.39, 0.29) is 5.91 Å². The molecule has 104 valence electrons. The molecule has 0 saturated heterocycles. The van der Waals surface area contributed by atoms with Crippen molar-refractivity contribution in [3.63, 3.8) is 0 Å². The Hall–Kier alpha value is -1.82. The number of nitrogens with one attached hydrogen (secondary N) is 3. The van der Waals surface area contributed by atoms with Gasteiger partial charge in [-0.2, -0.15) is 0 Å². The molecule has 6 heteroatoms. The molecule has 0 aliphatic rings. The van der Waals surface area contributed by atoms with Gasteiger partial charge in [-0.1, -0.05) is 18.2 Å². The third-order valence-corrected chi connectivity index (χ3v) is 2.65. The first-order chi connectivity index (χ1) is 9.04. The molecule has 0 heterocycles. The zero-order valence-corrected chi connectivity index (χ0v) is 12.1. The predicted octanol–water partition coefficient (Wildman–Crippen LogP) is 1.28. The molecule has 0 unspecified atom stereocenters. The Morgan fingerprint density at radius 3 is 2.68 bits per heavy atom. The summed E-state index contributed by atoms with van der Waals surface area (Å²) in [6, 6.07) is 7.54. The van der Waals surface area contributed by atoms with E-state index in [1.54, 1.807) is 6.92 Å². The summed E-state index contributed by atoms with van der Waals surface area (Å²) in [6.07, 6.45) is -0.613. The average molecular weight is 281 g/mol. The van der Waals surface area contributed by atoms with Crippen molar-refractivity contribution in [3.8, 4) is 5.75 Å². The molecule has 0 aliphatic carbocycles. The minimum absolute atomic E-state index is 0.288. The lowest BCUT2D eigenvalue weighted by molar-refractivity contribution is -0.127. The Bertz CT molecular complexity index is 451. The number of carbonyl (C=O) groups excluding carboxylic acids is 1. The number of aryl methyl sites for hydroxylation is 1. The second-order valence-corrected chi connectivity index (χ2v) is 4.41. The van der Waals surface area contributed by atoms with Gasteiger partial charge in [-0.15, -0.1) is 0 Å². The summed E-state index contributed by atoms with van der Waals surface area (Å²) in [5.74, 6) is 0.405. The first-order valence-electron chi connectivity index (χ1n) is 6.10. The standard InChI is InChI=1S/C13H19N3O2S/c1-4-14-13(19)16-15-12(17)10(3)18-11-8-6-5-7-9(11)2/h5-8,10H,4H2,1-3H3,(H,15,17)(H2,14,16,19)/t10-/m0/s1. The molecule has 1 aromatic rings. The third-order valence-electron chi connectivity index (χ3n) is 2.40. The van der Waals surface area contributed by atoms with Crippen molar-refractivity contribution in [3.05, 3.63) is 29.8 Å². The van der Waals surface area contributed by atoms with Crippen molar-refractivity contribution in [2.75, 3.05) is 6.54 Å². The molecule has 5 nitrogen and oxygen atoms in total. The Labute approximate surface area is 118 Å². The van der Waals surface area contributed by atoms with Crippen molar-refractivity contribution in [2.24, 2.45) is 0 Å². The largest absolute Gasteiger partial charge is 0.481 e. The fourth-order valence-corrected chi connectivity index (χ4v) is 1.55. The lowest BCUT2D eigenvalue weighted by Crippen LogP contribution is -2.50. The number of ether oxygens (including phenoxy) is 1. The second-order valence-electron chi connectivity index (χ2n) is 4.00. The van der Waals surface area contributed by atoms with Crippen molar-refractivity contribution in [1.82, 2.24) is 16.2 Å². The average Bonchev–Trinajstić information content (AvgIpc) is 2.39. The number of carbonyl (C=O) groups is 1. The molecule has 19 heavy (non-hydrogen) atoms. The van der Waals surface area contributed by atoms with Crippen LogP contribution in [0.2, 0.25) is 0 Å². The summed E-state index contributed by atoms with van der Waals surface area (Å²) in [5, 5.41) is 3.24. The fraction of sp³-hybridized carbons (Fsp3) is 0.385. The second kappa shape index (κ2) is 7.58. The molecule has 0 aromatic heterocycles. The first kappa shape index (κ1) is 15.2. The SMILES string of the molecule is CCNC(=S)NNC(=O)[C@H](C)Oc1ccccc1C. The minimum atomic E-state index is -0.613. The van der Waals surface area contributed by atoms with Crippen molar-refractivity contribution < 1.29 is 9.53 Å². The first-order valence-corrected chi connectivity index (χ1v) is 6.51. The van der Waals surface area contributed by atoms with Crippen molar-refractivity contribution in [2.45, 2.75) is 26.9 Å². The molecule has 3 N–H and O–H groups in total. The Balaban J connectivity index is 2.45. The van der Waals surface area contributed by atoms with E-state index in [9.17, 15) is 4.79 Å². The highest BCUT2D eigenvalue weighted by Gasteiger charge is 2.15. The number of hydrazine groups is 1. The number of benzene rings is 1. The normalized spacial score (nSPS) is 11.3. The molecular weight excluding hydrogens is 262 g/mol.